The van der Waals surface area contributed by atoms with E-state index in [-0.39, 0.29) is 4.90 Å². The van der Waals surface area contributed by atoms with E-state index in [1.165, 1.54) is 29.7 Å². The molecule has 0 unspecified atom stereocenters. The Balaban J connectivity index is 1.78. The monoisotopic (exact) mass is 374 g/mol. The molecule has 0 aliphatic rings. The van der Waals surface area contributed by atoms with Crippen LogP contribution in [0.25, 0.3) is 10.2 Å². The Hall–Kier alpha value is -2.29. The van der Waals surface area contributed by atoms with E-state index in [2.05, 4.69) is 15.5 Å². The average Bonchev–Trinajstić information content (AvgIpc) is 3.02. The molecule has 6 nitrogen and oxygen atoms in total. The number of fused-ring (bicyclic) bond motifs is 1. The summed E-state index contributed by atoms with van der Waals surface area (Å²) in [5, 5.41) is 5.06. The van der Waals surface area contributed by atoms with Gasteiger partial charge in [-0.15, -0.1) is 0 Å². The second kappa shape index (κ2) is 6.91. The van der Waals surface area contributed by atoms with Crippen LogP contribution < -0.4 is 5.43 Å². The minimum Gasteiger partial charge on any atom is -0.252 e. The van der Waals surface area contributed by atoms with Crippen LogP contribution in [0.3, 0.4) is 0 Å². The molecule has 130 valence electrons. The molecule has 0 aliphatic carbocycles. The smallest absolute Gasteiger partial charge is 0.242 e. The summed E-state index contributed by atoms with van der Waals surface area (Å²) in [5.74, 6) is 0. The minimum absolute atomic E-state index is 0.258. The molecule has 8 heteroatoms. The second-order valence-electron chi connectivity index (χ2n) is 5.61. The predicted molar refractivity (Wildman–Crippen MR) is 103 cm³/mol. The molecule has 1 heterocycles. The van der Waals surface area contributed by atoms with E-state index in [0.29, 0.717) is 5.13 Å². The van der Waals surface area contributed by atoms with Crippen LogP contribution in [0.15, 0.2) is 58.5 Å². The lowest BCUT2D eigenvalue weighted by molar-refractivity contribution is 0.521. The molecule has 0 amide bonds. The molecule has 0 saturated heterocycles. The van der Waals surface area contributed by atoms with Crippen molar-refractivity contribution in [3.8, 4) is 0 Å². The van der Waals surface area contributed by atoms with Gasteiger partial charge in [0.2, 0.25) is 15.2 Å². The highest BCUT2D eigenvalue weighted by Gasteiger charge is 2.16. The minimum atomic E-state index is -3.42. The number of hydrogen-bond acceptors (Lipinski definition) is 6. The molecular formula is C17H18N4O2S2. The highest BCUT2D eigenvalue weighted by molar-refractivity contribution is 7.89. The fourth-order valence-corrected chi connectivity index (χ4v) is 3.91. The van der Waals surface area contributed by atoms with Crippen LogP contribution in [-0.4, -0.2) is 37.5 Å². The van der Waals surface area contributed by atoms with Gasteiger partial charge in [-0.25, -0.2) is 17.7 Å². The second-order valence-corrected chi connectivity index (χ2v) is 8.79. The van der Waals surface area contributed by atoms with Crippen LogP contribution in [0.4, 0.5) is 5.13 Å². The number of nitrogens with one attached hydrogen (secondary N) is 1. The largest absolute Gasteiger partial charge is 0.252 e. The van der Waals surface area contributed by atoms with Crippen molar-refractivity contribution in [1.82, 2.24) is 9.29 Å². The number of benzene rings is 2. The normalized spacial score (nSPS) is 12.7. The number of rotatable bonds is 5. The number of nitrogens with zero attached hydrogens (tertiary/aromatic N) is 3. The Kier molecular flexibility index (Phi) is 4.85. The Morgan fingerprint density at radius 3 is 2.44 bits per heavy atom. The molecule has 0 radical (unpaired) electrons. The zero-order valence-electron chi connectivity index (χ0n) is 14.1. The lowest BCUT2D eigenvalue weighted by Gasteiger charge is -2.11. The highest BCUT2D eigenvalue weighted by Crippen LogP contribution is 2.25. The van der Waals surface area contributed by atoms with Crippen molar-refractivity contribution < 1.29 is 8.42 Å². The standard InChI is InChI=1S/C17H18N4O2S2/c1-12(13-8-10-14(11-9-13)25(22,23)21(2)3)19-20-17-18-15-6-4-5-7-16(15)24-17/h4-11H,1-3H3,(H,18,20)/b19-12-. The first-order chi connectivity index (χ1) is 11.9. The molecule has 1 aromatic heterocycles. The Morgan fingerprint density at radius 1 is 1.12 bits per heavy atom. The zero-order chi connectivity index (χ0) is 18.0. The van der Waals surface area contributed by atoms with Gasteiger partial charge in [0.1, 0.15) is 0 Å². The van der Waals surface area contributed by atoms with Gasteiger partial charge in [0.05, 0.1) is 20.8 Å². The van der Waals surface area contributed by atoms with Crippen LogP contribution in [0.1, 0.15) is 12.5 Å². The van der Waals surface area contributed by atoms with Crippen molar-refractivity contribution in [2.24, 2.45) is 5.10 Å². The first kappa shape index (κ1) is 17.5. The average molecular weight is 374 g/mol. The molecule has 3 rings (SSSR count). The highest BCUT2D eigenvalue weighted by atomic mass is 32.2. The van der Waals surface area contributed by atoms with Crippen molar-refractivity contribution in [2.75, 3.05) is 19.5 Å². The summed E-state index contributed by atoms with van der Waals surface area (Å²) in [6.45, 7) is 1.86. The topological polar surface area (TPSA) is 74.7 Å². The van der Waals surface area contributed by atoms with Crippen LogP contribution in [-0.2, 0) is 10.0 Å². The van der Waals surface area contributed by atoms with E-state index in [1.807, 2.05) is 31.2 Å². The number of hydrazone groups is 1. The molecule has 2 aromatic carbocycles. The number of sulfonamides is 1. The summed E-state index contributed by atoms with van der Waals surface area (Å²) in [5.41, 5.74) is 5.48. The lowest BCUT2D eigenvalue weighted by atomic mass is 10.1. The van der Waals surface area contributed by atoms with Crippen LogP contribution in [0, 0.1) is 0 Å². The maximum absolute atomic E-state index is 12.1. The van der Waals surface area contributed by atoms with Crippen LogP contribution in [0.2, 0.25) is 0 Å². The van der Waals surface area contributed by atoms with E-state index in [4.69, 9.17) is 0 Å². The third-order valence-corrected chi connectivity index (χ3v) is 6.43. The van der Waals surface area contributed by atoms with Gasteiger partial charge >= 0.3 is 0 Å². The lowest BCUT2D eigenvalue weighted by Crippen LogP contribution is -2.22. The SMILES string of the molecule is C/C(=N/Nc1nc2ccccc2s1)c1ccc(S(=O)(=O)N(C)C)cc1. The molecule has 1 N–H and O–H groups in total. The van der Waals surface area contributed by atoms with Gasteiger partial charge in [-0.2, -0.15) is 5.10 Å². The van der Waals surface area contributed by atoms with E-state index in [9.17, 15) is 8.42 Å². The number of para-hydroxylation sites is 1. The summed E-state index contributed by atoms with van der Waals surface area (Å²) in [6, 6.07) is 14.6. The van der Waals surface area contributed by atoms with Gasteiger partial charge < -0.3 is 0 Å². The first-order valence-electron chi connectivity index (χ1n) is 7.57. The maximum atomic E-state index is 12.1. The molecule has 0 fully saturated rings. The number of aromatic nitrogens is 1. The Labute approximate surface area is 150 Å². The van der Waals surface area contributed by atoms with Crippen molar-refractivity contribution >= 4 is 42.4 Å². The van der Waals surface area contributed by atoms with Gasteiger partial charge in [-0.3, -0.25) is 5.43 Å². The van der Waals surface area contributed by atoms with E-state index < -0.39 is 10.0 Å². The van der Waals surface area contributed by atoms with E-state index in [0.717, 1.165) is 21.5 Å². The predicted octanol–water partition coefficient (Wildman–Crippen LogP) is 3.38. The van der Waals surface area contributed by atoms with Crippen molar-refractivity contribution in [3.63, 3.8) is 0 Å². The summed E-state index contributed by atoms with van der Waals surface area (Å²) < 4.78 is 26.5. The fraction of sp³-hybridized carbons (Fsp3) is 0.176. The van der Waals surface area contributed by atoms with Gasteiger partial charge in [-0.05, 0) is 36.8 Å². The van der Waals surface area contributed by atoms with Gasteiger partial charge in [0.15, 0.2) is 0 Å². The third kappa shape index (κ3) is 3.71. The van der Waals surface area contributed by atoms with Gasteiger partial charge in [-0.1, -0.05) is 35.6 Å². The number of anilines is 1. The third-order valence-electron chi connectivity index (χ3n) is 3.66. The summed E-state index contributed by atoms with van der Waals surface area (Å²) >= 11 is 1.53. The Bertz CT molecular complexity index is 989. The van der Waals surface area contributed by atoms with E-state index in [1.54, 1.807) is 24.3 Å². The van der Waals surface area contributed by atoms with Gasteiger partial charge in [0.25, 0.3) is 0 Å². The molecule has 0 saturated carbocycles. The molecule has 0 spiro atoms. The maximum Gasteiger partial charge on any atom is 0.242 e. The first-order valence-corrected chi connectivity index (χ1v) is 9.82. The van der Waals surface area contributed by atoms with Crippen molar-refractivity contribution in [1.29, 1.82) is 0 Å². The number of hydrogen-bond donors (Lipinski definition) is 1. The Morgan fingerprint density at radius 2 is 1.80 bits per heavy atom. The van der Waals surface area contributed by atoms with Crippen molar-refractivity contribution in [3.05, 3.63) is 54.1 Å². The molecule has 0 aliphatic heterocycles. The van der Waals surface area contributed by atoms with E-state index >= 15 is 0 Å². The summed E-state index contributed by atoms with van der Waals surface area (Å²) in [6.07, 6.45) is 0. The molecule has 3 aromatic rings. The molecule has 25 heavy (non-hydrogen) atoms. The van der Waals surface area contributed by atoms with Crippen molar-refractivity contribution in [2.45, 2.75) is 11.8 Å². The summed E-state index contributed by atoms with van der Waals surface area (Å²) in [7, 11) is -0.396. The molecule has 0 atom stereocenters. The summed E-state index contributed by atoms with van der Waals surface area (Å²) in [4.78, 5) is 4.72. The van der Waals surface area contributed by atoms with Crippen LogP contribution in [0.5, 0.6) is 0 Å². The van der Waals surface area contributed by atoms with Crippen LogP contribution >= 0.6 is 11.3 Å². The zero-order valence-corrected chi connectivity index (χ0v) is 15.7. The molecule has 0 bridgehead atoms. The molecular weight excluding hydrogens is 356 g/mol. The quantitative estimate of drug-likeness (QED) is 0.549. The van der Waals surface area contributed by atoms with Gasteiger partial charge in [0, 0.05) is 14.1 Å². The fourth-order valence-electron chi connectivity index (χ4n) is 2.20. The number of thiazole rings is 1.